The van der Waals surface area contributed by atoms with Gasteiger partial charge in [0.05, 0.1) is 18.0 Å². The summed E-state index contributed by atoms with van der Waals surface area (Å²) in [6, 6.07) is 36.9. The van der Waals surface area contributed by atoms with Crippen LogP contribution in [0.3, 0.4) is 0 Å². The van der Waals surface area contributed by atoms with E-state index in [0.29, 0.717) is 10.9 Å². The molecular formula is C28H23N2O3P. The average molecular weight is 466 g/mol. The Kier molecular flexibility index (Phi) is 5.79. The van der Waals surface area contributed by atoms with Crippen LogP contribution < -0.4 is 21.5 Å². The summed E-state index contributed by atoms with van der Waals surface area (Å²) >= 11 is 0. The molecule has 0 bridgehead atoms. The molecule has 5 nitrogen and oxygen atoms in total. The van der Waals surface area contributed by atoms with Gasteiger partial charge in [-0.05, 0) is 28.0 Å². The highest BCUT2D eigenvalue weighted by Crippen LogP contribution is 2.46. The number of fused-ring (bicyclic) bond motifs is 1. The molecule has 1 aromatic heterocycles. The smallest absolute Gasteiger partial charge is 0.357 e. The van der Waals surface area contributed by atoms with Crippen molar-refractivity contribution < 1.29 is 9.53 Å². The molecule has 168 valence electrons. The maximum atomic E-state index is 13.7. The Morgan fingerprint density at radius 2 is 1.15 bits per heavy atom. The van der Waals surface area contributed by atoms with Crippen LogP contribution in [0.15, 0.2) is 120 Å². The summed E-state index contributed by atoms with van der Waals surface area (Å²) < 4.78 is 6.75. The number of ether oxygens (including phenoxy) is 1. The molecule has 0 aliphatic rings. The van der Waals surface area contributed by atoms with Crippen molar-refractivity contribution in [1.82, 2.24) is 9.78 Å². The third-order valence-corrected chi connectivity index (χ3v) is 10.2. The van der Waals surface area contributed by atoms with Crippen LogP contribution in [-0.4, -0.2) is 28.3 Å². The van der Waals surface area contributed by atoms with Gasteiger partial charge in [0.2, 0.25) is 0 Å². The average Bonchev–Trinajstić information content (AvgIpc) is 3.24. The fraction of sp³-hybridized carbons (Fsp3) is 0.0357. The van der Waals surface area contributed by atoms with Crippen molar-refractivity contribution in [2.45, 2.75) is 0 Å². The molecule has 0 radical (unpaired) electrons. The van der Waals surface area contributed by atoms with Gasteiger partial charge in [0.25, 0.3) is 5.56 Å². The predicted molar refractivity (Wildman–Crippen MR) is 140 cm³/mol. The first-order chi connectivity index (χ1) is 16.7. The van der Waals surface area contributed by atoms with Gasteiger partial charge >= 0.3 is 5.97 Å². The van der Waals surface area contributed by atoms with E-state index in [2.05, 4.69) is 5.10 Å². The zero-order valence-electron chi connectivity index (χ0n) is 18.6. The molecule has 0 spiro atoms. The van der Waals surface area contributed by atoms with Gasteiger partial charge < -0.3 is 4.74 Å². The van der Waals surface area contributed by atoms with Crippen LogP contribution in [0.5, 0.6) is 0 Å². The number of H-pyrrole nitrogens is 1. The zero-order chi connectivity index (χ0) is 23.5. The van der Waals surface area contributed by atoms with Crippen molar-refractivity contribution in [1.29, 1.82) is 0 Å². The lowest BCUT2D eigenvalue weighted by Crippen LogP contribution is -2.41. The van der Waals surface area contributed by atoms with Crippen molar-refractivity contribution >= 4 is 45.1 Å². The van der Waals surface area contributed by atoms with E-state index in [1.807, 2.05) is 109 Å². The summed E-state index contributed by atoms with van der Waals surface area (Å²) in [7, 11) is 1.35. The zero-order valence-corrected chi connectivity index (χ0v) is 19.5. The number of aromatic nitrogens is 2. The van der Waals surface area contributed by atoms with Gasteiger partial charge in [-0.1, -0.05) is 103 Å². The van der Waals surface area contributed by atoms with Crippen LogP contribution >= 0.6 is 6.89 Å². The second kappa shape index (κ2) is 9.05. The quantitative estimate of drug-likeness (QED) is 0.319. The van der Waals surface area contributed by atoms with Crippen molar-refractivity contribution in [2.24, 2.45) is 0 Å². The number of carbonyl (C=O) groups is 1. The van der Waals surface area contributed by atoms with Crippen molar-refractivity contribution in [3.05, 3.63) is 126 Å². The summed E-state index contributed by atoms with van der Waals surface area (Å²) in [6.45, 7) is -2.87. The molecular weight excluding hydrogens is 443 g/mol. The number of nitrogens with one attached hydrogen (secondary N) is 1. The number of hydrogen-bond acceptors (Lipinski definition) is 3. The van der Waals surface area contributed by atoms with Crippen molar-refractivity contribution in [3.8, 4) is 0 Å². The molecule has 4 aromatic carbocycles. The van der Waals surface area contributed by atoms with E-state index < -0.39 is 12.9 Å². The van der Waals surface area contributed by atoms with E-state index in [1.54, 1.807) is 6.07 Å². The van der Waals surface area contributed by atoms with E-state index in [9.17, 15) is 9.59 Å². The lowest BCUT2D eigenvalue weighted by molar-refractivity contribution is -0.132. The molecule has 5 rings (SSSR count). The molecule has 0 saturated carbocycles. The number of nitrogens with zero attached hydrogens (tertiary/aromatic N) is 1. The number of aromatic amines is 1. The summed E-state index contributed by atoms with van der Waals surface area (Å²) in [5.74, 6) is -0.557. The SMILES string of the molecule is COC(=O)C(n1[nH]c2ccccc2c1=O)=P(c1ccccc1)(c1ccccc1)c1ccccc1. The highest BCUT2D eigenvalue weighted by atomic mass is 31.2. The van der Waals surface area contributed by atoms with Crippen LogP contribution in [0.4, 0.5) is 0 Å². The van der Waals surface area contributed by atoms with Crippen LogP contribution in [0.2, 0.25) is 0 Å². The van der Waals surface area contributed by atoms with Crippen LogP contribution in [0, 0.1) is 0 Å². The van der Waals surface area contributed by atoms with Crippen LogP contribution in [0.25, 0.3) is 10.9 Å². The predicted octanol–water partition coefficient (Wildman–Crippen LogP) is 3.47. The van der Waals surface area contributed by atoms with Crippen molar-refractivity contribution in [3.63, 3.8) is 0 Å². The number of carbonyl (C=O) groups excluding carboxylic acids is 1. The van der Waals surface area contributed by atoms with Gasteiger partial charge in [-0.2, -0.15) is 0 Å². The van der Waals surface area contributed by atoms with Gasteiger partial charge in [0.15, 0.2) is 5.42 Å². The van der Waals surface area contributed by atoms with Gasteiger partial charge in [0, 0.05) is 6.89 Å². The van der Waals surface area contributed by atoms with E-state index >= 15 is 0 Å². The first-order valence-corrected chi connectivity index (χ1v) is 12.7. The number of para-hydroxylation sites is 1. The largest absolute Gasteiger partial charge is 0.464 e. The molecule has 0 aliphatic heterocycles. The topological polar surface area (TPSA) is 64.1 Å². The minimum Gasteiger partial charge on any atom is -0.464 e. The van der Waals surface area contributed by atoms with Crippen LogP contribution in [-0.2, 0) is 9.53 Å². The number of esters is 1. The Morgan fingerprint density at radius 3 is 1.59 bits per heavy atom. The standard InChI is InChI=1S/C28H23N2O3P/c1-33-28(32)27(30-26(31)24-19-11-12-20-25(24)29-30)34(21-13-5-2-6-14-21,22-15-7-3-8-16-22)23-17-9-4-10-18-23/h2-20,29H,1H3. The third kappa shape index (κ3) is 3.42. The lowest BCUT2D eigenvalue weighted by Gasteiger charge is -2.31. The van der Waals surface area contributed by atoms with Gasteiger partial charge in [-0.25, -0.2) is 9.48 Å². The minimum atomic E-state index is -2.87. The molecule has 0 amide bonds. The Labute approximate surface area is 197 Å². The second-order valence-electron chi connectivity index (χ2n) is 7.79. The van der Waals surface area contributed by atoms with E-state index in [1.165, 1.54) is 11.8 Å². The second-order valence-corrected chi connectivity index (χ2v) is 11.1. The molecule has 34 heavy (non-hydrogen) atoms. The maximum absolute atomic E-state index is 13.7. The fourth-order valence-corrected chi connectivity index (χ4v) is 8.74. The molecule has 1 heterocycles. The van der Waals surface area contributed by atoms with Gasteiger partial charge in [-0.3, -0.25) is 9.89 Å². The number of methoxy groups -OCH3 is 1. The molecule has 0 aliphatic carbocycles. The van der Waals surface area contributed by atoms with Crippen LogP contribution in [0.1, 0.15) is 0 Å². The molecule has 5 aromatic rings. The van der Waals surface area contributed by atoms with E-state index in [-0.39, 0.29) is 11.0 Å². The number of hydrogen-bond donors (Lipinski definition) is 1. The lowest BCUT2D eigenvalue weighted by atomic mass is 10.3. The fourth-order valence-electron chi connectivity index (χ4n) is 4.45. The van der Waals surface area contributed by atoms with E-state index in [0.717, 1.165) is 15.9 Å². The minimum absolute atomic E-state index is 0.278. The highest BCUT2D eigenvalue weighted by molar-refractivity contribution is 7.96. The monoisotopic (exact) mass is 466 g/mol. The Bertz CT molecular complexity index is 1470. The van der Waals surface area contributed by atoms with E-state index in [4.69, 9.17) is 4.74 Å². The summed E-state index contributed by atoms with van der Waals surface area (Å²) in [5.41, 5.74) is 0.643. The first-order valence-electron chi connectivity index (χ1n) is 10.9. The highest BCUT2D eigenvalue weighted by Gasteiger charge is 2.36. The normalized spacial score (nSPS) is 11.3. The molecule has 1 N–H and O–H groups in total. The summed E-state index contributed by atoms with van der Waals surface area (Å²) in [5, 5.41) is 6.53. The first kappa shape index (κ1) is 21.7. The molecule has 0 saturated heterocycles. The Hall–Kier alpha value is -4.08. The number of rotatable bonds is 5. The summed E-state index contributed by atoms with van der Waals surface area (Å²) in [6.07, 6.45) is 0. The van der Waals surface area contributed by atoms with Gasteiger partial charge in [0.1, 0.15) is 0 Å². The molecule has 0 unspecified atom stereocenters. The summed E-state index contributed by atoms with van der Waals surface area (Å²) in [4.78, 5) is 27.3. The molecule has 0 fully saturated rings. The van der Waals surface area contributed by atoms with Gasteiger partial charge in [-0.15, -0.1) is 0 Å². The number of benzene rings is 4. The van der Waals surface area contributed by atoms with Crippen molar-refractivity contribution in [2.75, 3.05) is 7.11 Å². The molecule has 0 atom stereocenters. The Morgan fingerprint density at radius 1 is 0.706 bits per heavy atom. The third-order valence-electron chi connectivity index (χ3n) is 5.92. The molecule has 6 heteroatoms. The maximum Gasteiger partial charge on any atom is 0.357 e. The Balaban J connectivity index is 2.10.